The summed E-state index contributed by atoms with van der Waals surface area (Å²) >= 11 is 0. The zero-order chi connectivity index (χ0) is 17.5. The highest BCUT2D eigenvalue weighted by molar-refractivity contribution is 5.94. The van der Waals surface area contributed by atoms with Gasteiger partial charge in [-0.05, 0) is 37.8 Å². The van der Waals surface area contributed by atoms with E-state index in [0.717, 1.165) is 12.0 Å². The van der Waals surface area contributed by atoms with Gasteiger partial charge in [0, 0.05) is 29.7 Å². The number of ether oxygens (including phenoxy) is 2. The van der Waals surface area contributed by atoms with E-state index < -0.39 is 22.6 Å². The Morgan fingerprint density at radius 1 is 1.38 bits per heavy atom. The SMILES string of the molecule is CC1=C2CC[C@@H](C)C[C@@]2(OC(=O)c2ccc([N+](=O)[O-])cc2)OC1=O. The van der Waals surface area contributed by atoms with Crippen LogP contribution in [0.3, 0.4) is 0 Å². The summed E-state index contributed by atoms with van der Waals surface area (Å²) in [5.41, 5.74) is 1.28. The van der Waals surface area contributed by atoms with Crippen molar-refractivity contribution in [1.82, 2.24) is 0 Å². The van der Waals surface area contributed by atoms with Crippen molar-refractivity contribution in [2.75, 3.05) is 0 Å². The number of nitrogens with zero attached hydrogens (tertiary/aromatic N) is 1. The number of hydrogen-bond donors (Lipinski definition) is 0. The van der Waals surface area contributed by atoms with Gasteiger partial charge in [0.2, 0.25) is 0 Å². The Hall–Kier alpha value is -2.70. The Morgan fingerprint density at radius 2 is 2.04 bits per heavy atom. The van der Waals surface area contributed by atoms with E-state index in [4.69, 9.17) is 9.47 Å². The first-order valence-electron chi connectivity index (χ1n) is 7.74. The Bertz CT molecular complexity index is 751. The maximum absolute atomic E-state index is 12.4. The Kier molecular flexibility index (Phi) is 3.87. The Balaban J connectivity index is 1.86. The van der Waals surface area contributed by atoms with Gasteiger partial charge in [0.1, 0.15) is 0 Å². The Morgan fingerprint density at radius 3 is 2.67 bits per heavy atom. The fourth-order valence-electron chi connectivity index (χ4n) is 3.24. The molecule has 0 unspecified atom stereocenters. The molecule has 24 heavy (non-hydrogen) atoms. The number of nitro benzene ring substituents is 1. The molecule has 1 aliphatic heterocycles. The first kappa shape index (κ1) is 16.2. The normalized spacial score (nSPS) is 25.9. The van der Waals surface area contributed by atoms with Crippen LogP contribution < -0.4 is 0 Å². The van der Waals surface area contributed by atoms with Crippen LogP contribution in [0.5, 0.6) is 0 Å². The quantitative estimate of drug-likeness (QED) is 0.479. The smallest absolute Gasteiger partial charge is 0.341 e. The topological polar surface area (TPSA) is 95.7 Å². The van der Waals surface area contributed by atoms with Crippen molar-refractivity contribution in [3.05, 3.63) is 51.1 Å². The van der Waals surface area contributed by atoms with E-state index in [2.05, 4.69) is 0 Å². The third kappa shape index (κ3) is 2.66. The van der Waals surface area contributed by atoms with Crippen LogP contribution in [0.2, 0.25) is 0 Å². The van der Waals surface area contributed by atoms with E-state index in [9.17, 15) is 19.7 Å². The van der Waals surface area contributed by atoms with Gasteiger partial charge in [-0.3, -0.25) is 10.1 Å². The molecule has 1 aromatic rings. The highest BCUT2D eigenvalue weighted by Crippen LogP contribution is 2.46. The van der Waals surface area contributed by atoms with E-state index in [1.54, 1.807) is 6.92 Å². The standard InChI is InChI=1S/C17H17NO6/c1-10-3-8-14-11(2)15(19)23-17(14,9-10)24-16(20)12-4-6-13(7-5-12)18(21)22/h4-7,10H,3,8-9H2,1-2H3/t10-,17+/m1/s1. The van der Waals surface area contributed by atoms with E-state index in [1.165, 1.54) is 24.3 Å². The summed E-state index contributed by atoms with van der Waals surface area (Å²) in [6, 6.07) is 5.13. The predicted octanol–water partition coefficient (Wildman–Crippen LogP) is 3.14. The van der Waals surface area contributed by atoms with Crippen LogP contribution in [-0.4, -0.2) is 22.6 Å². The second kappa shape index (κ2) is 5.74. The van der Waals surface area contributed by atoms with Gasteiger partial charge in [-0.15, -0.1) is 0 Å². The summed E-state index contributed by atoms with van der Waals surface area (Å²) in [5, 5.41) is 10.7. The average Bonchev–Trinajstić information content (AvgIpc) is 2.77. The number of carbonyl (C=O) groups is 2. The molecule has 1 aromatic carbocycles. The molecule has 2 aliphatic rings. The maximum Gasteiger partial charge on any atom is 0.341 e. The summed E-state index contributed by atoms with van der Waals surface area (Å²) in [4.78, 5) is 34.5. The van der Waals surface area contributed by atoms with Crippen molar-refractivity contribution < 1.29 is 24.0 Å². The van der Waals surface area contributed by atoms with Crippen molar-refractivity contribution in [3.8, 4) is 0 Å². The van der Waals surface area contributed by atoms with Crippen molar-refractivity contribution in [2.45, 2.75) is 38.9 Å². The van der Waals surface area contributed by atoms with Crippen molar-refractivity contribution >= 4 is 17.6 Å². The van der Waals surface area contributed by atoms with Crippen LogP contribution in [-0.2, 0) is 14.3 Å². The lowest BCUT2D eigenvalue weighted by Crippen LogP contribution is -2.42. The van der Waals surface area contributed by atoms with Gasteiger partial charge < -0.3 is 9.47 Å². The molecule has 0 amide bonds. The molecule has 0 spiro atoms. The summed E-state index contributed by atoms with van der Waals surface area (Å²) < 4.78 is 11.0. The first-order chi connectivity index (χ1) is 11.3. The molecule has 0 aromatic heterocycles. The number of nitro groups is 1. The van der Waals surface area contributed by atoms with E-state index in [1.807, 2.05) is 6.92 Å². The number of esters is 2. The van der Waals surface area contributed by atoms with Crippen molar-refractivity contribution in [1.29, 1.82) is 0 Å². The number of benzene rings is 1. The third-order valence-corrected chi connectivity index (χ3v) is 4.55. The lowest BCUT2D eigenvalue weighted by molar-refractivity contribution is -0.384. The molecule has 2 atom stereocenters. The van der Waals surface area contributed by atoms with Crippen molar-refractivity contribution in [3.63, 3.8) is 0 Å². The zero-order valence-electron chi connectivity index (χ0n) is 13.4. The molecule has 3 rings (SSSR count). The molecule has 126 valence electrons. The number of non-ortho nitro benzene ring substituents is 1. The molecule has 1 saturated carbocycles. The van der Waals surface area contributed by atoms with Gasteiger partial charge in [0.15, 0.2) is 0 Å². The van der Waals surface area contributed by atoms with E-state index in [-0.39, 0.29) is 17.2 Å². The largest absolute Gasteiger partial charge is 0.415 e. The molecular formula is C17H17NO6. The summed E-state index contributed by atoms with van der Waals surface area (Å²) in [5.74, 6) is -2.22. The van der Waals surface area contributed by atoms with Gasteiger partial charge in [0.05, 0.1) is 10.5 Å². The van der Waals surface area contributed by atoms with Crippen molar-refractivity contribution in [2.24, 2.45) is 5.92 Å². The predicted molar refractivity (Wildman–Crippen MR) is 83.0 cm³/mol. The highest BCUT2D eigenvalue weighted by atomic mass is 16.7. The summed E-state index contributed by atoms with van der Waals surface area (Å²) in [7, 11) is 0. The molecule has 7 heteroatoms. The van der Waals surface area contributed by atoms with Crippen LogP contribution in [0, 0.1) is 16.0 Å². The highest BCUT2D eigenvalue weighted by Gasteiger charge is 2.52. The number of rotatable bonds is 3. The molecule has 0 N–H and O–H groups in total. The maximum atomic E-state index is 12.4. The van der Waals surface area contributed by atoms with Gasteiger partial charge >= 0.3 is 11.9 Å². The second-order valence-electron chi connectivity index (χ2n) is 6.29. The molecule has 1 heterocycles. The number of fused-ring (bicyclic) bond motifs is 1. The molecule has 0 saturated heterocycles. The van der Waals surface area contributed by atoms with Gasteiger partial charge in [-0.2, -0.15) is 0 Å². The van der Waals surface area contributed by atoms with Crippen LogP contribution in [0.25, 0.3) is 0 Å². The van der Waals surface area contributed by atoms with Crippen LogP contribution >= 0.6 is 0 Å². The van der Waals surface area contributed by atoms with Crippen LogP contribution in [0.15, 0.2) is 35.4 Å². The molecule has 1 fully saturated rings. The number of hydrogen-bond acceptors (Lipinski definition) is 6. The molecular weight excluding hydrogens is 314 g/mol. The minimum absolute atomic E-state index is 0.111. The van der Waals surface area contributed by atoms with Crippen LogP contribution in [0.1, 0.15) is 43.5 Å². The molecule has 1 aliphatic carbocycles. The van der Waals surface area contributed by atoms with Gasteiger partial charge in [-0.25, -0.2) is 9.59 Å². The lowest BCUT2D eigenvalue weighted by atomic mass is 9.81. The van der Waals surface area contributed by atoms with E-state index >= 15 is 0 Å². The molecule has 0 bridgehead atoms. The fraction of sp³-hybridized carbons (Fsp3) is 0.412. The lowest BCUT2D eigenvalue weighted by Gasteiger charge is -2.36. The third-order valence-electron chi connectivity index (χ3n) is 4.55. The first-order valence-corrected chi connectivity index (χ1v) is 7.74. The Labute approximate surface area is 138 Å². The van der Waals surface area contributed by atoms with Gasteiger partial charge in [0.25, 0.3) is 11.5 Å². The van der Waals surface area contributed by atoms with E-state index in [0.29, 0.717) is 18.4 Å². The minimum atomic E-state index is -1.34. The van der Waals surface area contributed by atoms with Gasteiger partial charge in [-0.1, -0.05) is 6.92 Å². The zero-order valence-corrected chi connectivity index (χ0v) is 13.4. The molecule has 0 radical (unpaired) electrons. The fourth-order valence-corrected chi connectivity index (χ4v) is 3.24. The minimum Gasteiger partial charge on any atom is -0.415 e. The monoisotopic (exact) mass is 331 g/mol. The number of carbonyl (C=O) groups excluding carboxylic acids is 2. The second-order valence-corrected chi connectivity index (χ2v) is 6.29. The molecule has 7 nitrogen and oxygen atoms in total. The van der Waals surface area contributed by atoms with Crippen LogP contribution in [0.4, 0.5) is 5.69 Å². The summed E-state index contributed by atoms with van der Waals surface area (Å²) in [6.45, 7) is 3.69. The summed E-state index contributed by atoms with van der Waals surface area (Å²) in [6.07, 6.45) is 1.97. The average molecular weight is 331 g/mol.